The van der Waals surface area contributed by atoms with Crippen molar-refractivity contribution in [3.63, 3.8) is 0 Å². The molecule has 0 aliphatic rings. The molecule has 0 spiro atoms. The zero-order valence-electron chi connectivity index (χ0n) is 17.1. The Morgan fingerprint density at radius 3 is 2.87 bits per heavy atom. The standard InChI is InChI=1S/C22H22ClN3O4S/c1-3-29-21(27)11-17-14-31-22(25-17)26-24-12-15-8-9-19(28-2)20(10-15)30-13-16-6-4-5-7-18(16)23/h4-10,12,14H,3,11,13H2,1-2H3,(H,25,26). The fraction of sp³-hybridized carbons (Fsp3) is 0.227. The summed E-state index contributed by atoms with van der Waals surface area (Å²) >= 11 is 7.56. The van der Waals surface area contributed by atoms with Crippen molar-refractivity contribution in [1.29, 1.82) is 0 Å². The molecular weight excluding hydrogens is 438 g/mol. The van der Waals surface area contributed by atoms with Crippen molar-refractivity contribution in [3.05, 3.63) is 69.7 Å². The zero-order valence-corrected chi connectivity index (χ0v) is 18.7. The molecule has 3 aromatic rings. The average Bonchev–Trinajstić information content (AvgIpc) is 3.20. The lowest BCUT2D eigenvalue weighted by molar-refractivity contribution is -0.142. The first-order chi connectivity index (χ1) is 15.1. The van der Waals surface area contributed by atoms with Crippen LogP contribution in [0.25, 0.3) is 0 Å². The van der Waals surface area contributed by atoms with Crippen LogP contribution in [0.3, 0.4) is 0 Å². The lowest BCUT2D eigenvalue weighted by Crippen LogP contribution is -2.07. The highest BCUT2D eigenvalue weighted by atomic mass is 35.5. The first-order valence-electron chi connectivity index (χ1n) is 9.52. The van der Waals surface area contributed by atoms with E-state index in [9.17, 15) is 4.79 Å². The number of hydrogen-bond donors (Lipinski definition) is 1. The van der Waals surface area contributed by atoms with Gasteiger partial charge in [-0.3, -0.25) is 10.2 Å². The van der Waals surface area contributed by atoms with Gasteiger partial charge in [0.15, 0.2) is 11.5 Å². The number of esters is 1. The molecule has 0 unspecified atom stereocenters. The van der Waals surface area contributed by atoms with Gasteiger partial charge in [0.25, 0.3) is 0 Å². The molecule has 162 valence electrons. The molecule has 0 fully saturated rings. The van der Waals surface area contributed by atoms with Crippen molar-refractivity contribution in [2.24, 2.45) is 5.10 Å². The largest absolute Gasteiger partial charge is 0.493 e. The Kier molecular flexibility index (Phi) is 8.26. The van der Waals surface area contributed by atoms with Crippen LogP contribution in [0.4, 0.5) is 5.13 Å². The molecule has 1 aromatic heterocycles. The summed E-state index contributed by atoms with van der Waals surface area (Å²) in [4.78, 5) is 15.8. The number of methoxy groups -OCH3 is 1. The maximum atomic E-state index is 11.5. The minimum atomic E-state index is -0.301. The van der Waals surface area contributed by atoms with E-state index in [1.165, 1.54) is 11.3 Å². The van der Waals surface area contributed by atoms with E-state index < -0.39 is 0 Å². The van der Waals surface area contributed by atoms with Crippen LogP contribution in [-0.2, 0) is 22.6 Å². The second-order valence-electron chi connectivity index (χ2n) is 6.29. The first kappa shape index (κ1) is 22.6. The summed E-state index contributed by atoms with van der Waals surface area (Å²) in [5, 5.41) is 7.23. The van der Waals surface area contributed by atoms with Gasteiger partial charge in [0.2, 0.25) is 5.13 Å². The maximum Gasteiger partial charge on any atom is 0.311 e. The Labute approximate surface area is 189 Å². The van der Waals surface area contributed by atoms with Crippen LogP contribution >= 0.6 is 22.9 Å². The number of nitrogens with one attached hydrogen (secondary N) is 1. The number of nitrogens with zero attached hydrogens (tertiary/aromatic N) is 2. The van der Waals surface area contributed by atoms with E-state index >= 15 is 0 Å². The first-order valence-corrected chi connectivity index (χ1v) is 10.8. The number of aromatic nitrogens is 1. The third-order valence-electron chi connectivity index (χ3n) is 4.09. The Morgan fingerprint density at radius 2 is 2.10 bits per heavy atom. The van der Waals surface area contributed by atoms with E-state index in [4.69, 9.17) is 25.8 Å². The summed E-state index contributed by atoms with van der Waals surface area (Å²) in [5.41, 5.74) is 5.20. The quantitative estimate of drug-likeness (QED) is 0.263. The fourth-order valence-corrected chi connectivity index (χ4v) is 3.47. The van der Waals surface area contributed by atoms with E-state index in [-0.39, 0.29) is 12.4 Å². The van der Waals surface area contributed by atoms with Crippen LogP contribution in [-0.4, -0.2) is 30.9 Å². The Morgan fingerprint density at radius 1 is 1.26 bits per heavy atom. The molecule has 0 atom stereocenters. The highest BCUT2D eigenvalue weighted by Gasteiger charge is 2.09. The van der Waals surface area contributed by atoms with E-state index in [1.807, 2.05) is 42.5 Å². The summed E-state index contributed by atoms with van der Waals surface area (Å²) in [6.07, 6.45) is 1.79. The maximum absolute atomic E-state index is 11.5. The molecule has 0 saturated carbocycles. The number of benzene rings is 2. The van der Waals surface area contributed by atoms with Gasteiger partial charge < -0.3 is 14.2 Å². The van der Waals surface area contributed by atoms with Gasteiger partial charge in [-0.1, -0.05) is 29.8 Å². The fourth-order valence-electron chi connectivity index (χ4n) is 2.62. The van der Waals surface area contributed by atoms with Crippen LogP contribution in [0, 0.1) is 0 Å². The molecule has 0 aliphatic heterocycles. The molecule has 7 nitrogen and oxygen atoms in total. The molecule has 31 heavy (non-hydrogen) atoms. The van der Waals surface area contributed by atoms with E-state index in [2.05, 4.69) is 15.5 Å². The number of carbonyl (C=O) groups is 1. The van der Waals surface area contributed by atoms with E-state index in [0.717, 1.165) is 11.1 Å². The number of carbonyl (C=O) groups excluding carboxylic acids is 1. The molecule has 0 amide bonds. The normalized spacial score (nSPS) is 10.8. The number of thiazole rings is 1. The molecule has 9 heteroatoms. The third kappa shape index (κ3) is 6.70. The molecule has 0 aliphatic carbocycles. The van der Waals surface area contributed by atoms with Gasteiger partial charge in [-0.25, -0.2) is 4.98 Å². The number of hydrogen-bond acceptors (Lipinski definition) is 8. The second kappa shape index (κ2) is 11.3. The second-order valence-corrected chi connectivity index (χ2v) is 7.55. The number of hydrazone groups is 1. The van der Waals surface area contributed by atoms with Crippen LogP contribution in [0.15, 0.2) is 52.9 Å². The summed E-state index contributed by atoms with van der Waals surface area (Å²) in [7, 11) is 1.59. The van der Waals surface area contributed by atoms with Gasteiger partial charge in [0.1, 0.15) is 6.61 Å². The topological polar surface area (TPSA) is 82.0 Å². The number of rotatable bonds is 10. The Bertz CT molecular complexity index is 1050. The van der Waals surface area contributed by atoms with E-state index in [1.54, 1.807) is 25.6 Å². The van der Waals surface area contributed by atoms with Crippen LogP contribution in [0.1, 0.15) is 23.7 Å². The summed E-state index contributed by atoms with van der Waals surface area (Å²) < 4.78 is 16.2. The molecule has 3 rings (SSSR count). The third-order valence-corrected chi connectivity index (χ3v) is 5.25. The predicted molar refractivity (Wildman–Crippen MR) is 122 cm³/mol. The molecule has 1 N–H and O–H groups in total. The average molecular weight is 460 g/mol. The molecule has 1 heterocycles. The number of anilines is 1. The highest BCUT2D eigenvalue weighted by Crippen LogP contribution is 2.29. The minimum absolute atomic E-state index is 0.139. The molecular formula is C22H22ClN3O4S. The minimum Gasteiger partial charge on any atom is -0.493 e. The van der Waals surface area contributed by atoms with Crippen molar-refractivity contribution >= 4 is 40.3 Å². The molecule has 0 radical (unpaired) electrons. The molecule has 0 saturated heterocycles. The molecule has 2 aromatic carbocycles. The Hall–Kier alpha value is -3.10. The lowest BCUT2D eigenvalue weighted by Gasteiger charge is -2.12. The number of ether oxygens (including phenoxy) is 3. The highest BCUT2D eigenvalue weighted by molar-refractivity contribution is 7.13. The van der Waals surface area contributed by atoms with Gasteiger partial charge in [0, 0.05) is 16.0 Å². The predicted octanol–water partition coefficient (Wildman–Crippen LogP) is 4.94. The summed E-state index contributed by atoms with van der Waals surface area (Å²) in [6, 6.07) is 13.0. The smallest absolute Gasteiger partial charge is 0.311 e. The summed E-state index contributed by atoms with van der Waals surface area (Å²) in [5.74, 6) is 0.892. The lowest BCUT2D eigenvalue weighted by atomic mass is 10.2. The monoisotopic (exact) mass is 459 g/mol. The van der Waals surface area contributed by atoms with E-state index in [0.29, 0.717) is 40.6 Å². The van der Waals surface area contributed by atoms with Crippen molar-refractivity contribution in [2.75, 3.05) is 19.1 Å². The van der Waals surface area contributed by atoms with Gasteiger partial charge in [-0.2, -0.15) is 5.10 Å². The Balaban J connectivity index is 1.62. The van der Waals surface area contributed by atoms with Gasteiger partial charge in [0.05, 0.1) is 32.0 Å². The van der Waals surface area contributed by atoms with Crippen molar-refractivity contribution in [2.45, 2.75) is 20.0 Å². The zero-order chi connectivity index (χ0) is 22.1. The van der Waals surface area contributed by atoms with Gasteiger partial charge >= 0.3 is 5.97 Å². The van der Waals surface area contributed by atoms with Crippen molar-refractivity contribution in [1.82, 2.24) is 4.98 Å². The van der Waals surface area contributed by atoms with Crippen molar-refractivity contribution in [3.8, 4) is 11.5 Å². The summed E-state index contributed by atoms with van der Waals surface area (Å²) in [6.45, 7) is 2.44. The van der Waals surface area contributed by atoms with Crippen LogP contribution < -0.4 is 14.9 Å². The molecule has 0 bridgehead atoms. The van der Waals surface area contributed by atoms with Gasteiger partial charge in [-0.05, 0) is 36.8 Å². The van der Waals surface area contributed by atoms with Gasteiger partial charge in [-0.15, -0.1) is 11.3 Å². The van der Waals surface area contributed by atoms with Crippen LogP contribution in [0.2, 0.25) is 5.02 Å². The number of halogens is 1. The SMILES string of the molecule is CCOC(=O)Cc1csc(NN=Cc2ccc(OC)c(OCc3ccccc3Cl)c2)n1. The van der Waals surface area contributed by atoms with Crippen LogP contribution in [0.5, 0.6) is 11.5 Å². The van der Waals surface area contributed by atoms with Crippen molar-refractivity contribution < 1.29 is 19.0 Å².